The zero-order valence-electron chi connectivity index (χ0n) is 8.14. The van der Waals surface area contributed by atoms with Crippen molar-refractivity contribution in [3.8, 4) is 0 Å². The van der Waals surface area contributed by atoms with Crippen molar-refractivity contribution < 1.29 is 10.2 Å². The second-order valence-electron chi connectivity index (χ2n) is 3.15. The normalized spacial score (nSPS) is 11.4. The predicted octanol–water partition coefficient (Wildman–Crippen LogP) is 0.0219. The van der Waals surface area contributed by atoms with E-state index in [2.05, 4.69) is 15.3 Å². The number of aliphatic hydroxyl groups excluding tert-OH is 2. The highest BCUT2D eigenvalue weighted by Gasteiger charge is 2.26. The van der Waals surface area contributed by atoms with Crippen molar-refractivity contribution in [1.29, 1.82) is 0 Å². The molecule has 5 nitrogen and oxygen atoms in total. The molecule has 0 aliphatic carbocycles. The Balaban J connectivity index is 2.74. The number of aliphatic hydroxyl groups is 2. The first-order valence-electron chi connectivity index (χ1n) is 4.53. The van der Waals surface area contributed by atoms with Crippen LogP contribution in [0.3, 0.4) is 0 Å². The second-order valence-corrected chi connectivity index (χ2v) is 3.15. The Labute approximate surface area is 82.8 Å². The van der Waals surface area contributed by atoms with Gasteiger partial charge in [0.2, 0.25) is 5.95 Å². The molecule has 0 saturated carbocycles. The first-order valence-corrected chi connectivity index (χ1v) is 4.53. The third-order valence-corrected chi connectivity index (χ3v) is 2.22. The highest BCUT2D eigenvalue weighted by molar-refractivity contribution is 5.28. The smallest absolute Gasteiger partial charge is 0.223 e. The van der Waals surface area contributed by atoms with Crippen LogP contribution in [0.1, 0.15) is 13.3 Å². The number of anilines is 1. The molecule has 1 aromatic rings. The van der Waals surface area contributed by atoms with E-state index in [4.69, 9.17) is 10.2 Å². The summed E-state index contributed by atoms with van der Waals surface area (Å²) in [6, 6.07) is 1.71. The summed E-state index contributed by atoms with van der Waals surface area (Å²) in [4.78, 5) is 7.93. The average molecular weight is 197 g/mol. The molecule has 0 radical (unpaired) electrons. The van der Waals surface area contributed by atoms with Crippen LogP contribution in [0.15, 0.2) is 18.5 Å². The first kappa shape index (κ1) is 10.9. The molecule has 0 amide bonds. The molecule has 0 aromatic carbocycles. The number of nitrogens with zero attached hydrogens (tertiary/aromatic N) is 2. The van der Waals surface area contributed by atoms with Gasteiger partial charge in [-0.3, -0.25) is 0 Å². The van der Waals surface area contributed by atoms with E-state index in [0.29, 0.717) is 12.4 Å². The van der Waals surface area contributed by atoms with Crippen LogP contribution in [0.5, 0.6) is 0 Å². The summed E-state index contributed by atoms with van der Waals surface area (Å²) in [5.74, 6) is 0.414. The van der Waals surface area contributed by atoms with Gasteiger partial charge < -0.3 is 15.5 Å². The Hall–Kier alpha value is -1.20. The lowest BCUT2D eigenvalue weighted by molar-refractivity contribution is 0.132. The third kappa shape index (κ3) is 2.40. The number of nitrogens with one attached hydrogen (secondary N) is 1. The summed E-state index contributed by atoms with van der Waals surface area (Å²) in [7, 11) is 0. The van der Waals surface area contributed by atoms with Gasteiger partial charge in [0.05, 0.1) is 18.8 Å². The van der Waals surface area contributed by atoms with Gasteiger partial charge in [-0.25, -0.2) is 9.97 Å². The first-order chi connectivity index (χ1) is 6.76. The highest BCUT2D eigenvalue weighted by atomic mass is 16.3. The molecule has 0 spiro atoms. The maximum absolute atomic E-state index is 9.16. The number of hydrogen-bond acceptors (Lipinski definition) is 5. The molecule has 0 atom stereocenters. The van der Waals surface area contributed by atoms with Crippen LogP contribution in [0.4, 0.5) is 5.95 Å². The largest absolute Gasteiger partial charge is 0.394 e. The molecule has 0 unspecified atom stereocenters. The molecule has 0 fully saturated rings. The molecule has 0 aliphatic rings. The second kappa shape index (κ2) is 4.88. The average Bonchev–Trinajstić information content (AvgIpc) is 2.28. The van der Waals surface area contributed by atoms with Gasteiger partial charge in [0.25, 0.3) is 0 Å². The van der Waals surface area contributed by atoms with Crippen molar-refractivity contribution in [3.63, 3.8) is 0 Å². The van der Waals surface area contributed by atoms with Gasteiger partial charge in [-0.1, -0.05) is 6.92 Å². The van der Waals surface area contributed by atoms with E-state index in [-0.39, 0.29) is 13.2 Å². The Kier molecular flexibility index (Phi) is 3.79. The maximum Gasteiger partial charge on any atom is 0.223 e. The lowest BCUT2D eigenvalue weighted by Crippen LogP contribution is -2.45. The summed E-state index contributed by atoms with van der Waals surface area (Å²) in [5.41, 5.74) is -0.735. The molecule has 1 rings (SSSR count). The molecule has 1 aromatic heterocycles. The fraction of sp³-hybridized carbons (Fsp3) is 0.556. The molecule has 5 heteroatoms. The monoisotopic (exact) mass is 197 g/mol. The summed E-state index contributed by atoms with van der Waals surface area (Å²) in [6.07, 6.45) is 3.80. The third-order valence-electron chi connectivity index (χ3n) is 2.22. The van der Waals surface area contributed by atoms with E-state index >= 15 is 0 Å². The number of hydrogen-bond donors (Lipinski definition) is 3. The van der Waals surface area contributed by atoms with E-state index in [1.807, 2.05) is 6.92 Å². The molecule has 3 N–H and O–H groups in total. The van der Waals surface area contributed by atoms with Crippen LogP contribution in [0, 0.1) is 0 Å². The summed E-state index contributed by atoms with van der Waals surface area (Å²) in [6.45, 7) is 1.57. The Bertz CT molecular complexity index is 254. The molecule has 78 valence electrons. The lowest BCUT2D eigenvalue weighted by atomic mass is 9.99. The predicted molar refractivity (Wildman–Crippen MR) is 52.8 cm³/mol. The van der Waals surface area contributed by atoms with Crippen molar-refractivity contribution in [2.75, 3.05) is 18.5 Å². The fourth-order valence-corrected chi connectivity index (χ4v) is 1.04. The number of aromatic nitrogens is 2. The van der Waals surface area contributed by atoms with Crippen molar-refractivity contribution in [2.24, 2.45) is 0 Å². The van der Waals surface area contributed by atoms with Gasteiger partial charge in [-0.2, -0.15) is 0 Å². The summed E-state index contributed by atoms with van der Waals surface area (Å²) < 4.78 is 0. The Morgan fingerprint density at radius 2 is 1.86 bits per heavy atom. The Morgan fingerprint density at radius 1 is 1.29 bits per heavy atom. The van der Waals surface area contributed by atoms with Crippen molar-refractivity contribution in [2.45, 2.75) is 18.9 Å². The standard InChI is InChI=1S/C9H15N3O2/c1-2-9(6-13,7-14)12-8-10-4-3-5-11-8/h3-5,13-14H,2,6-7H2,1H3,(H,10,11,12). The Morgan fingerprint density at radius 3 is 2.29 bits per heavy atom. The van der Waals surface area contributed by atoms with Crippen molar-refractivity contribution in [1.82, 2.24) is 9.97 Å². The van der Waals surface area contributed by atoms with Gasteiger partial charge in [-0.15, -0.1) is 0 Å². The van der Waals surface area contributed by atoms with Crippen LogP contribution in [0.25, 0.3) is 0 Å². The minimum absolute atomic E-state index is 0.155. The van der Waals surface area contributed by atoms with Gasteiger partial charge in [0.1, 0.15) is 0 Å². The van der Waals surface area contributed by atoms with Crippen LogP contribution >= 0.6 is 0 Å². The van der Waals surface area contributed by atoms with Crippen LogP contribution < -0.4 is 5.32 Å². The minimum Gasteiger partial charge on any atom is -0.394 e. The quantitative estimate of drug-likeness (QED) is 0.620. The molecular weight excluding hydrogens is 182 g/mol. The van der Waals surface area contributed by atoms with Crippen LogP contribution in [-0.2, 0) is 0 Å². The molecule has 14 heavy (non-hydrogen) atoms. The summed E-state index contributed by atoms with van der Waals surface area (Å²) in [5, 5.41) is 21.2. The van der Waals surface area contributed by atoms with Crippen molar-refractivity contribution in [3.05, 3.63) is 18.5 Å². The molecule has 0 bridgehead atoms. The van der Waals surface area contributed by atoms with E-state index in [9.17, 15) is 0 Å². The number of rotatable bonds is 5. The zero-order chi connectivity index (χ0) is 10.4. The SMILES string of the molecule is CCC(CO)(CO)Nc1ncccn1. The van der Waals surface area contributed by atoms with Gasteiger partial charge in [-0.05, 0) is 12.5 Å². The summed E-state index contributed by atoms with van der Waals surface area (Å²) >= 11 is 0. The van der Waals surface area contributed by atoms with Gasteiger partial charge >= 0.3 is 0 Å². The van der Waals surface area contributed by atoms with Crippen LogP contribution in [-0.4, -0.2) is 38.9 Å². The molecule has 0 aliphatic heterocycles. The van der Waals surface area contributed by atoms with E-state index < -0.39 is 5.54 Å². The highest BCUT2D eigenvalue weighted by Crippen LogP contribution is 2.14. The van der Waals surface area contributed by atoms with Crippen LogP contribution in [0.2, 0.25) is 0 Å². The van der Waals surface area contributed by atoms with E-state index in [1.165, 1.54) is 0 Å². The molecule has 0 saturated heterocycles. The van der Waals surface area contributed by atoms with Crippen molar-refractivity contribution >= 4 is 5.95 Å². The molecule has 1 heterocycles. The van der Waals surface area contributed by atoms with Gasteiger partial charge in [0.15, 0.2) is 0 Å². The minimum atomic E-state index is -0.735. The van der Waals surface area contributed by atoms with E-state index in [1.54, 1.807) is 18.5 Å². The maximum atomic E-state index is 9.16. The molecular formula is C9H15N3O2. The van der Waals surface area contributed by atoms with Gasteiger partial charge in [0, 0.05) is 12.4 Å². The topological polar surface area (TPSA) is 78.3 Å². The fourth-order valence-electron chi connectivity index (χ4n) is 1.04. The van der Waals surface area contributed by atoms with E-state index in [0.717, 1.165) is 0 Å². The lowest BCUT2D eigenvalue weighted by Gasteiger charge is -2.29. The zero-order valence-corrected chi connectivity index (χ0v) is 8.14.